The number of H-pyrrole nitrogens is 2. The largest absolute Gasteiger partial charge is 0.492 e. The number of pyridine rings is 3. The first-order valence-electron chi connectivity index (χ1n) is 14.7. The van der Waals surface area contributed by atoms with Crippen LogP contribution in [-0.4, -0.2) is 86.2 Å². The van der Waals surface area contributed by atoms with E-state index in [1.54, 1.807) is 29.7 Å². The summed E-state index contributed by atoms with van der Waals surface area (Å²) >= 11 is 0. The molecule has 5 aromatic heterocycles. The number of nitrogens with zero attached hydrogens (tertiary/aromatic N) is 6. The second kappa shape index (κ2) is 11.6. The molecule has 0 amide bonds. The Hall–Kier alpha value is -4.81. The van der Waals surface area contributed by atoms with Gasteiger partial charge >= 0.3 is 0 Å². The maximum Gasteiger partial charge on any atom is 0.261 e. The summed E-state index contributed by atoms with van der Waals surface area (Å²) in [6.45, 7) is 1.67. The Morgan fingerprint density at radius 1 is 0.978 bits per heavy atom. The Morgan fingerprint density at radius 2 is 1.84 bits per heavy atom. The van der Waals surface area contributed by atoms with Crippen LogP contribution < -0.4 is 4.74 Å². The van der Waals surface area contributed by atoms with E-state index in [-0.39, 0.29) is 18.8 Å². The minimum Gasteiger partial charge on any atom is -0.492 e. The summed E-state index contributed by atoms with van der Waals surface area (Å²) in [6.07, 6.45) is 6.74. The first kappa shape index (κ1) is 28.9. The lowest BCUT2D eigenvalue weighted by Gasteiger charge is -2.15. The summed E-state index contributed by atoms with van der Waals surface area (Å²) < 4.78 is 47.9. The van der Waals surface area contributed by atoms with Crippen LogP contribution in [0.4, 0.5) is 13.2 Å². The number of fused-ring (bicyclic) bond motifs is 2. The topological polar surface area (TPSA) is 98.8 Å². The molecule has 0 spiro atoms. The van der Waals surface area contributed by atoms with Crippen molar-refractivity contribution < 1.29 is 17.9 Å². The lowest BCUT2D eigenvalue weighted by atomic mass is 10.0. The third kappa shape index (κ3) is 6.11. The summed E-state index contributed by atoms with van der Waals surface area (Å²) in [6, 6.07) is 12.5. The van der Waals surface area contributed by atoms with Crippen molar-refractivity contribution in [2.75, 3.05) is 40.3 Å². The van der Waals surface area contributed by atoms with Gasteiger partial charge < -0.3 is 14.6 Å². The lowest BCUT2D eigenvalue weighted by molar-refractivity contribution is 0.0115. The monoisotopic (exact) mass is 612 g/mol. The average molecular weight is 613 g/mol. The van der Waals surface area contributed by atoms with Crippen molar-refractivity contribution in [3.05, 3.63) is 78.6 Å². The Bertz CT molecular complexity index is 2000. The molecule has 7 rings (SSSR count). The van der Waals surface area contributed by atoms with Crippen molar-refractivity contribution in [2.24, 2.45) is 0 Å². The number of alkyl halides is 2. The average Bonchev–Trinajstić information content (AvgIpc) is 3.72. The Kier molecular flexibility index (Phi) is 7.46. The number of nitrogens with one attached hydrogen (secondary N) is 2. The fourth-order valence-corrected chi connectivity index (χ4v) is 5.76. The molecule has 1 aliphatic heterocycles. The smallest absolute Gasteiger partial charge is 0.261 e. The van der Waals surface area contributed by atoms with Crippen LogP contribution in [0.3, 0.4) is 0 Å². The zero-order valence-electron chi connectivity index (χ0n) is 24.8. The molecule has 9 nitrogen and oxygen atoms in total. The maximum atomic E-state index is 14.7. The van der Waals surface area contributed by atoms with Crippen molar-refractivity contribution in [3.63, 3.8) is 0 Å². The van der Waals surface area contributed by atoms with Crippen molar-refractivity contribution in [1.82, 2.24) is 39.9 Å². The molecule has 0 aliphatic carbocycles. The molecule has 0 saturated carbocycles. The van der Waals surface area contributed by atoms with Gasteiger partial charge in [-0.15, -0.1) is 0 Å². The molecule has 6 aromatic rings. The van der Waals surface area contributed by atoms with Crippen LogP contribution in [0.5, 0.6) is 5.75 Å². The second-order valence-electron chi connectivity index (χ2n) is 11.7. The van der Waals surface area contributed by atoms with Gasteiger partial charge in [-0.2, -0.15) is 5.10 Å². The van der Waals surface area contributed by atoms with Gasteiger partial charge in [0.25, 0.3) is 5.92 Å². The molecule has 1 fully saturated rings. The molecule has 0 atom stereocenters. The van der Waals surface area contributed by atoms with E-state index in [0.29, 0.717) is 48.8 Å². The predicted molar refractivity (Wildman–Crippen MR) is 166 cm³/mol. The third-order valence-electron chi connectivity index (χ3n) is 7.98. The molecular weight excluding hydrogens is 581 g/mol. The molecule has 45 heavy (non-hydrogen) atoms. The van der Waals surface area contributed by atoms with Gasteiger partial charge in [-0.05, 0) is 67.2 Å². The van der Waals surface area contributed by atoms with Crippen LogP contribution in [0.15, 0.2) is 67.3 Å². The van der Waals surface area contributed by atoms with Crippen molar-refractivity contribution in [3.8, 4) is 39.4 Å². The van der Waals surface area contributed by atoms with Crippen LogP contribution in [-0.2, 0) is 6.54 Å². The van der Waals surface area contributed by atoms with Gasteiger partial charge in [-0.1, -0.05) is 0 Å². The Morgan fingerprint density at radius 3 is 2.67 bits per heavy atom. The van der Waals surface area contributed by atoms with E-state index in [4.69, 9.17) is 4.74 Å². The van der Waals surface area contributed by atoms with Gasteiger partial charge in [0, 0.05) is 78.8 Å². The quantitative estimate of drug-likeness (QED) is 0.202. The zero-order chi connectivity index (χ0) is 31.1. The summed E-state index contributed by atoms with van der Waals surface area (Å²) in [5.74, 6) is -2.57. The summed E-state index contributed by atoms with van der Waals surface area (Å²) in [5, 5.41) is 9.10. The number of benzene rings is 1. The highest BCUT2D eigenvalue weighted by Gasteiger charge is 2.37. The predicted octanol–water partition coefficient (Wildman–Crippen LogP) is 6.15. The standard InChI is InChI=1S/C33H31F3N8O/c1-43(2)7-8-45-25-11-21(10-24(34)13-25)26-3-5-38-31-27(26)14-29(40-31)30-28-12-23(17-39-32(28)42-41-30)22-9-20(15-37-16-22)18-44-6-4-33(35,36)19-44/h3,5,9-17H,4,6-8,18-19H2,1-2H3,(H,38,40)(H,39,41,42). The van der Waals surface area contributed by atoms with Gasteiger partial charge in [0.1, 0.15) is 23.8 Å². The minimum absolute atomic E-state index is 0.122. The Balaban J connectivity index is 1.20. The summed E-state index contributed by atoms with van der Waals surface area (Å²) in [4.78, 5) is 20.6. The highest BCUT2D eigenvalue weighted by molar-refractivity contribution is 5.99. The highest BCUT2D eigenvalue weighted by Crippen LogP contribution is 2.36. The number of likely N-dealkylation sites (N-methyl/N-ethyl adjacent to an activating group) is 1. The molecule has 6 heterocycles. The van der Waals surface area contributed by atoms with Gasteiger partial charge in [-0.25, -0.2) is 23.1 Å². The fourth-order valence-electron chi connectivity index (χ4n) is 5.76. The number of likely N-dealkylation sites (tertiary alicyclic amines) is 1. The number of ether oxygens (including phenoxy) is 1. The molecule has 12 heteroatoms. The highest BCUT2D eigenvalue weighted by atomic mass is 19.3. The van der Waals surface area contributed by atoms with Crippen LogP contribution in [0.2, 0.25) is 0 Å². The minimum atomic E-state index is -2.64. The van der Waals surface area contributed by atoms with E-state index < -0.39 is 5.92 Å². The molecular formula is C33H31F3N8O. The van der Waals surface area contributed by atoms with Gasteiger partial charge in [-0.3, -0.25) is 15.0 Å². The number of rotatable bonds is 9. The summed E-state index contributed by atoms with van der Waals surface area (Å²) in [7, 11) is 3.91. The molecule has 1 saturated heterocycles. The molecule has 230 valence electrons. The van der Waals surface area contributed by atoms with Gasteiger partial charge in [0.15, 0.2) is 5.65 Å². The van der Waals surface area contributed by atoms with Crippen LogP contribution in [0.25, 0.3) is 55.7 Å². The number of halogens is 3. The lowest BCUT2D eigenvalue weighted by Crippen LogP contribution is -2.24. The van der Waals surface area contributed by atoms with Crippen molar-refractivity contribution in [2.45, 2.75) is 18.9 Å². The zero-order valence-corrected chi connectivity index (χ0v) is 24.8. The van der Waals surface area contributed by atoms with E-state index in [9.17, 15) is 13.2 Å². The van der Waals surface area contributed by atoms with Gasteiger partial charge in [0.2, 0.25) is 0 Å². The third-order valence-corrected chi connectivity index (χ3v) is 7.98. The number of hydrogen-bond donors (Lipinski definition) is 2. The van der Waals surface area contributed by atoms with E-state index in [1.807, 2.05) is 49.3 Å². The van der Waals surface area contributed by atoms with Crippen molar-refractivity contribution >= 4 is 22.1 Å². The molecule has 0 radical (unpaired) electrons. The van der Waals surface area contributed by atoms with E-state index >= 15 is 0 Å². The molecule has 1 aliphatic rings. The van der Waals surface area contributed by atoms with Crippen LogP contribution >= 0.6 is 0 Å². The van der Waals surface area contributed by atoms with Gasteiger partial charge in [0.05, 0.1) is 17.9 Å². The SMILES string of the molecule is CN(C)CCOc1cc(F)cc(-c2ccnc3[nH]c(-c4[nH]nc5ncc(-c6cncc(CN7CCC(F)(F)C7)c6)cc45)cc23)c1. The number of aromatic nitrogens is 6. The number of hydrogen-bond acceptors (Lipinski definition) is 7. The van der Waals surface area contributed by atoms with E-state index in [1.165, 1.54) is 12.1 Å². The fraction of sp³-hybridized carbons (Fsp3) is 0.273. The Labute approximate surface area is 257 Å². The molecule has 1 aromatic carbocycles. The van der Waals surface area contributed by atoms with E-state index in [0.717, 1.165) is 44.4 Å². The van der Waals surface area contributed by atoms with Crippen molar-refractivity contribution in [1.29, 1.82) is 0 Å². The van der Waals surface area contributed by atoms with Crippen LogP contribution in [0, 0.1) is 5.82 Å². The van der Waals surface area contributed by atoms with Crippen LogP contribution in [0.1, 0.15) is 12.0 Å². The van der Waals surface area contributed by atoms with E-state index in [2.05, 4.69) is 30.1 Å². The molecule has 0 unspecified atom stereocenters. The first-order chi connectivity index (χ1) is 21.7. The normalized spacial score (nSPS) is 15.1. The molecule has 2 N–H and O–H groups in total. The second-order valence-corrected chi connectivity index (χ2v) is 11.7. The maximum absolute atomic E-state index is 14.7. The number of aromatic amines is 2. The molecule has 0 bridgehead atoms. The summed E-state index contributed by atoms with van der Waals surface area (Å²) in [5.41, 5.74) is 6.63. The first-order valence-corrected chi connectivity index (χ1v) is 14.7.